The van der Waals surface area contributed by atoms with Crippen LogP contribution in [-0.4, -0.2) is 34.7 Å². The average Bonchev–Trinajstić information content (AvgIpc) is 2.78. The summed E-state index contributed by atoms with van der Waals surface area (Å²) < 4.78 is 0. The van der Waals surface area contributed by atoms with Gasteiger partial charge in [0.05, 0.1) is 4.92 Å². The first kappa shape index (κ1) is 21.0. The van der Waals surface area contributed by atoms with E-state index in [0.29, 0.717) is 18.7 Å². The van der Waals surface area contributed by atoms with Crippen LogP contribution in [0.5, 0.6) is 0 Å². The maximum absolute atomic E-state index is 13.0. The number of nitrogens with one attached hydrogen (secondary N) is 1. The van der Waals surface area contributed by atoms with Crippen molar-refractivity contribution in [1.29, 1.82) is 0 Å². The molecular weight excluding hydrogens is 382 g/mol. The Balaban J connectivity index is 1.84. The second-order valence-corrected chi connectivity index (χ2v) is 7.00. The Morgan fingerprint density at radius 1 is 0.967 bits per heavy atom. The van der Waals surface area contributed by atoms with Gasteiger partial charge in [0.25, 0.3) is 11.6 Å². The van der Waals surface area contributed by atoms with Crippen LogP contribution in [0.4, 0.5) is 5.69 Å². The van der Waals surface area contributed by atoms with Crippen molar-refractivity contribution in [2.75, 3.05) is 13.1 Å². The fourth-order valence-electron chi connectivity index (χ4n) is 3.22. The molecule has 0 radical (unpaired) electrons. The number of likely N-dealkylation sites (tertiary alicyclic amines) is 1. The summed E-state index contributed by atoms with van der Waals surface area (Å²) in [7, 11) is 0. The molecule has 2 aromatic carbocycles. The highest BCUT2D eigenvalue weighted by molar-refractivity contribution is 6.04. The van der Waals surface area contributed by atoms with E-state index in [9.17, 15) is 19.7 Å². The number of nitrogens with zero attached hydrogens (tertiary/aromatic N) is 2. The predicted octanol–water partition coefficient (Wildman–Crippen LogP) is 3.78. The van der Waals surface area contributed by atoms with Crippen LogP contribution in [0.25, 0.3) is 12.2 Å². The highest BCUT2D eigenvalue weighted by Gasteiger charge is 2.21. The van der Waals surface area contributed by atoms with Gasteiger partial charge < -0.3 is 10.2 Å². The number of carbonyl (C=O) groups excluding carboxylic acids is 2. The molecule has 0 unspecified atom stereocenters. The average molecular weight is 405 g/mol. The van der Waals surface area contributed by atoms with Crippen molar-refractivity contribution >= 4 is 29.7 Å². The first-order valence-electron chi connectivity index (χ1n) is 9.82. The second-order valence-electron chi connectivity index (χ2n) is 7.00. The van der Waals surface area contributed by atoms with E-state index in [1.165, 1.54) is 24.3 Å². The normalized spacial score (nSPS) is 14.5. The van der Waals surface area contributed by atoms with Crippen LogP contribution >= 0.6 is 0 Å². The van der Waals surface area contributed by atoms with Crippen molar-refractivity contribution in [2.45, 2.75) is 19.3 Å². The van der Waals surface area contributed by atoms with E-state index >= 15 is 0 Å². The van der Waals surface area contributed by atoms with Crippen molar-refractivity contribution < 1.29 is 14.5 Å². The van der Waals surface area contributed by atoms with E-state index in [1.54, 1.807) is 23.1 Å². The lowest BCUT2D eigenvalue weighted by atomic mass is 10.1. The fraction of sp³-hybridized carbons (Fsp3) is 0.217. The molecule has 7 heteroatoms. The summed E-state index contributed by atoms with van der Waals surface area (Å²) in [5.41, 5.74) is 1.35. The molecule has 1 aliphatic heterocycles. The minimum absolute atomic E-state index is 0.0798. The molecule has 1 heterocycles. The second kappa shape index (κ2) is 10.2. The molecule has 7 nitrogen and oxygen atoms in total. The number of hydrogen-bond acceptors (Lipinski definition) is 4. The maximum atomic E-state index is 13.0. The van der Waals surface area contributed by atoms with Crippen LogP contribution in [0.15, 0.2) is 66.4 Å². The summed E-state index contributed by atoms with van der Waals surface area (Å²) in [6.07, 6.45) is 7.40. The van der Waals surface area contributed by atoms with Crippen LogP contribution in [0.1, 0.15) is 30.4 Å². The van der Waals surface area contributed by atoms with E-state index < -0.39 is 10.8 Å². The summed E-state index contributed by atoms with van der Waals surface area (Å²) in [6.45, 7) is 1.25. The molecule has 0 atom stereocenters. The monoisotopic (exact) mass is 405 g/mol. The minimum atomic E-state index is -0.495. The molecular formula is C23H23N3O4. The largest absolute Gasteiger partial charge is 0.337 e. The van der Waals surface area contributed by atoms with Crippen LogP contribution < -0.4 is 5.32 Å². The Labute approximate surface area is 174 Å². The van der Waals surface area contributed by atoms with Gasteiger partial charge in [-0.15, -0.1) is 0 Å². The van der Waals surface area contributed by atoms with Crippen LogP contribution in [-0.2, 0) is 9.59 Å². The summed E-state index contributed by atoms with van der Waals surface area (Å²) in [4.78, 5) is 37.7. The Morgan fingerprint density at radius 2 is 1.67 bits per heavy atom. The minimum Gasteiger partial charge on any atom is -0.337 e. The van der Waals surface area contributed by atoms with E-state index in [1.807, 2.05) is 30.3 Å². The summed E-state index contributed by atoms with van der Waals surface area (Å²) in [5.74, 6) is -0.733. The van der Waals surface area contributed by atoms with Gasteiger partial charge >= 0.3 is 0 Å². The molecule has 1 aliphatic rings. The highest BCUT2D eigenvalue weighted by Crippen LogP contribution is 2.17. The molecule has 0 aliphatic carbocycles. The summed E-state index contributed by atoms with van der Waals surface area (Å²) in [6, 6.07) is 15.3. The maximum Gasteiger partial charge on any atom is 0.270 e. The number of non-ortho nitro benzene ring substituents is 1. The van der Waals surface area contributed by atoms with Gasteiger partial charge in [-0.2, -0.15) is 0 Å². The van der Waals surface area contributed by atoms with Gasteiger partial charge in [-0.25, -0.2) is 0 Å². The SMILES string of the molecule is O=C(/C=C/c1ccccc1)N/C(=C\c1cccc([N+](=O)[O-])c1)C(=O)N1CCCCC1. The molecule has 1 N–H and O–H groups in total. The fourth-order valence-corrected chi connectivity index (χ4v) is 3.22. The topological polar surface area (TPSA) is 92.5 Å². The molecule has 0 aromatic heterocycles. The Morgan fingerprint density at radius 3 is 2.37 bits per heavy atom. The lowest BCUT2D eigenvalue weighted by Crippen LogP contribution is -2.40. The van der Waals surface area contributed by atoms with Gasteiger partial charge in [-0.3, -0.25) is 19.7 Å². The number of nitro groups is 1. The number of amides is 2. The zero-order valence-electron chi connectivity index (χ0n) is 16.5. The van der Waals surface area contributed by atoms with Crippen molar-refractivity contribution in [3.63, 3.8) is 0 Å². The molecule has 0 bridgehead atoms. The Kier molecular flexibility index (Phi) is 7.10. The van der Waals surface area contributed by atoms with Crippen LogP contribution in [0.3, 0.4) is 0 Å². The third-order valence-electron chi connectivity index (χ3n) is 4.75. The molecule has 30 heavy (non-hydrogen) atoms. The number of piperidine rings is 1. The van der Waals surface area contributed by atoms with Gasteiger partial charge in [-0.1, -0.05) is 42.5 Å². The van der Waals surface area contributed by atoms with Crippen molar-refractivity contribution in [1.82, 2.24) is 10.2 Å². The van der Waals surface area contributed by atoms with E-state index in [-0.39, 0.29) is 17.3 Å². The van der Waals surface area contributed by atoms with E-state index in [0.717, 1.165) is 24.8 Å². The number of hydrogen-bond donors (Lipinski definition) is 1. The van der Waals surface area contributed by atoms with Gasteiger partial charge in [0.15, 0.2) is 0 Å². The number of rotatable bonds is 6. The standard InChI is InChI=1S/C23H23N3O4/c27-22(13-12-18-8-3-1-4-9-18)24-21(23(28)25-14-5-2-6-15-25)17-19-10-7-11-20(16-19)26(29)30/h1,3-4,7-13,16-17H,2,5-6,14-15H2,(H,24,27)/b13-12+,21-17-. The first-order chi connectivity index (χ1) is 14.5. The summed E-state index contributed by atoms with van der Waals surface area (Å²) in [5, 5.41) is 13.7. The van der Waals surface area contributed by atoms with Crippen molar-refractivity contribution in [3.05, 3.63) is 87.6 Å². The van der Waals surface area contributed by atoms with Gasteiger partial charge in [-0.05, 0) is 42.5 Å². The third kappa shape index (κ3) is 5.88. The van der Waals surface area contributed by atoms with E-state index in [4.69, 9.17) is 0 Å². The predicted molar refractivity (Wildman–Crippen MR) is 115 cm³/mol. The third-order valence-corrected chi connectivity index (χ3v) is 4.75. The quantitative estimate of drug-likeness (QED) is 0.450. The molecule has 0 saturated carbocycles. The smallest absolute Gasteiger partial charge is 0.270 e. The zero-order chi connectivity index (χ0) is 21.3. The Bertz CT molecular complexity index is 977. The molecule has 2 amide bonds. The Hall–Kier alpha value is -3.74. The number of benzene rings is 2. The lowest BCUT2D eigenvalue weighted by molar-refractivity contribution is -0.384. The number of carbonyl (C=O) groups is 2. The molecule has 0 spiro atoms. The van der Waals surface area contributed by atoms with Crippen LogP contribution in [0.2, 0.25) is 0 Å². The number of nitro benzene ring substituents is 1. The molecule has 1 fully saturated rings. The van der Waals surface area contributed by atoms with Gasteiger partial charge in [0, 0.05) is 31.3 Å². The summed E-state index contributed by atoms with van der Waals surface area (Å²) >= 11 is 0. The van der Waals surface area contributed by atoms with Crippen LogP contribution in [0, 0.1) is 10.1 Å². The first-order valence-corrected chi connectivity index (χ1v) is 9.82. The van der Waals surface area contributed by atoms with Crippen molar-refractivity contribution in [2.24, 2.45) is 0 Å². The molecule has 1 saturated heterocycles. The lowest BCUT2D eigenvalue weighted by Gasteiger charge is -2.27. The van der Waals surface area contributed by atoms with E-state index in [2.05, 4.69) is 5.32 Å². The zero-order valence-corrected chi connectivity index (χ0v) is 16.5. The highest BCUT2D eigenvalue weighted by atomic mass is 16.6. The van der Waals surface area contributed by atoms with Crippen molar-refractivity contribution in [3.8, 4) is 0 Å². The molecule has 2 aromatic rings. The molecule has 154 valence electrons. The van der Waals surface area contributed by atoms with Gasteiger partial charge in [0.1, 0.15) is 5.70 Å². The van der Waals surface area contributed by atoms with Gasteiger partial charge in [0.2, 0.25) is 5.91 Å². The molecule has 3 rings (SSSR count).